The molecule has 2 aliphatic rings. The van der Waals surface area contributed by atoms with E-state index in [-0.39, 0.29) is 0 Å². The Balaban J connectivity index is 1.19. The van der Waals surface area contributed by atoms with E-state index in [0.717, 1.165) is 102 Å². The van der Waals surface area contributed by atoms with Crippen LogP contribution in [0.4, 0.5) is 46.3 Å². The zero-order valence-electron chi connectivity index (χ0n) is 36.9. The van der Waals surface area contributed by atoms with Gasteiger partial charge in [0.05, 0.1) is 22.7 Å². The molecule has 0 amide bonds. The Kier molecular flexibility index (Phi) is 9.20. The summed E-state index contributed by atoms with van der Waals surface area (Å²) in [5, 5.41) is 0. The molecule has 0 bridgehead atoms. The maximum atomic E-state index is 7.00. The summed E-state index contributed by atoms with van der Waals surface area (Å²) in [4.78, 5) is 8.84. The highest BCUT2D eigenvalue weighted by atomic mass is 16.4. The molecule has 66 heavy (non-hydrogen) atoms. The number of furan rings is 4. The topological polar surface area (TPSA) is 65.5 Å². The Labute approximate surface area is 383 Å². The molecule has 6 aromatic carbocycles. The van der Waals surface area contributed by atoms with E-state index >= 15 is 0 Å². The second-order valence-electron chi connectivity index (χ2n) is 16.9. The Morgan fingerprint density at radius 2 is 0.470 bits per heavy atom. The molecule has 0 atom stereocenters. The lowest BCUT2D eigenvalue weighted by Gasteiger charge is -2.30. The minimum absolute atomic E-state index is 0.621. The van der Waals surface area contributed by atoms with E-state index in [1.54, 1.807) is 0 Å². The molecule has 0 radical (unpaired) electrons. The van der Waals surface area contributed by atoms with Crippen molar-refractivity contribution >= 4 is 46.3 Å². The number of rotatable bonds is 8. The van der Waals surface area contributed by atoms with E-state index in [2.05, 4.69) is 144 Å². The van der Waals surface area contributed by atoms with Crippen LogP contribution in [0.2, 0.25) is 0 Å². The molecule has 8 heteroatoms. The molecule has 320 valence electrons. The molecule has 8 nitrogen and oxygen atoms in total. The van der Waals surface area contributed by atoms with Gasteiger partial charge in [-0.2, -0.15) is 0 Å². The zero-order chi connectivity index (χ0) is 44.5. The van der Waals surface area contributed by atoms with Crippen LogP contribution < -0.4 is 19.6 Å². The SMILES string of the molecule is Cc1cc2c(cc1C)N(c1ccc(-c3ccccc3)o1)C(=C1N(c3ccc(-c4ccccc4)o3)c3cc(C)c(C)cc3N1c1ccc(-c3ccccc3)o1)N2c1ccc(-c2ccccc2)o1. The third-order valence-electron chi connectivity index (χ3n) is 12.7. The van der Waals surface area contributed by atoms with Crippen LogP contribution in [0, 0.1) is 27.7 Å². The highest BCUT2D eigenvalue weighted by molar-refractivity contribution is 5.99. The monoisotopic (exact) mass is 860 g/mol. The van der Waals surface area contributed by atoms with Crippen molar-refractivity contribution in [3.63, 3.8) is 0 Å². The first-order valence-corrected chi connectivity index (χ1v) is 22.2. The molecule has 6 heterocycles. The van der Waals surface area contributed by atoms with Gasteiger partial charge in [0, 0.05) is 46.5 Å². The quantitative estimate of drug-likeness (QED) is 0.150. The molecule has 12 rings (SSSR count). The number of hydrogen-bond donors (Lipinski definition) is 0. The standard InChI is InChI=1S/C58H44N4O4/c1-37-33-45-46(34-38(37)2)60(54-30-26-50(64-54)42-19-11-6-12-20-42)57(59(45)53-29-25-49(63-53)41-17-9-5-10-18-41)58-61(55-31-27-51(65-55)43-21-13-7-14-22-43)47-35-39(3)40(4)36-48(47)62(58)56-32-28-52(66-56)44-23-15-8-16-24-44/h5-36H,1-4H3. The van der Waals surface area contributed by atoms with Gasteiger partial charge in [0.15, 0.2) is 11.6 Å². The maximum absolute atomic E-state index is 7.00. The van der Waals surface area contributed by atoms with Crippen LogP contribution in [0.5, 0.6) is 0 Å². The lowest BCUT2D eigenvalue weighted by molar-refractivity contribution is 0.566. The second kappa shape index (κ2) is 15.6. The van der Waals surface area contributed by atoms with E-state index in [4.69, 9.17) is 17.7 Å². The van der Waals surface area contributed by atoms with Crippen molar-refractivity contribution in [2.45, 2.75) is 27.7 Å². The molecule has 0 N–H and O–H groups in total. The summed E-state index contributed by atoms with van der Waals surface area (Å²) in [7, 11) is 0. The van der Waals surface area contributed by atoms with Gasteiger partial charge in [-0.05, 0) is 98.5 Å². The molecule has 10 aromatic rings. The van der Waals surface area contributed by atoms with Gasteiger partial charge in [-0.3, -0.25) is 19.6 Å². The van der Waals surface area contributed by atoms with Crippen LogP contribution in [0.3, 0.4) is 0 Å². The molecular formula is C58H44N4O4. The summed E-state index contributed by atoms with van der Waals surface area (Å²) in [5.74, 6) is 6.94. The summed E-state index contributed by atoms with van der Waals surface area (Å²) in [5.41, 5.74) is 12.1. The van der Waals surface area contributed by atoms with Crippen molar-refractivity contribution in [1.29, 1.82) is 0 Å². The van der Waals surface area contributed by atoms with Crippen LogP contribution in [-0.2, 0) is 0 Å². The predicted octanol–water partition coefficient (Wildman–Crippen LogP) is 16.4. The van der Waals surface area contributed by atoms with Crippen molar-refractivity contribution in [2.24, 2.45) is 0 Å². The highest BCUT2D eigenvalue weighted by Crippen LogP contribution is 2.59. The zero-order valence-corrected chi connectivity index (χ0v) is 36.9. The molecule has 0 aliphatic carbocycles. The fourth-order valence-corrected chi connectivity index (χ4v) is 9.06. The Bertz CT molecular complexity index is 2980. The van der Waals surface area contributed by atoms with E-state index in [1.165, 1.54) is 0 Å². The predicted molar refractivity (Wildman–Crippen MR) is 264 cm³/mol. The molecule has 0 saturated carbocycles. The lowest BCUT2D eigenvalue weighted by atomic mass is 10.1. The number of nitrogens with zero attached hydrogens (tertiary/aromatic N) is 4. The number of benzene rings is 6. The van der Waals surface area contributed by atoms with Gasteiger partial charge in [0.2, 0.25) is 23.5 Å². The van der Waals surface area contributed by atoms with E-state index < -0.39 is 0 Å². The fourth-order valence-electron chi connectivity index (χ4n) is 9.06. The molecule has 4 aromatic heterocycles. The van der Waals surface area contributed by atoms with Gasteiger partial charge in [0.1, 0.15) is 23.0 Å². The molecule has 0 spiro atoms. The Morgan fingerprint density at radius 3 is 0.682 bits per heavy atom. The van der Waals surface area contributed by atoms with Crippen LogP contribution in [-0.4, -0.2) is 0 Å². The first kappa shape index (κ1) is 39.0. The third-order valence-corrected chi connectivity index (χ3v) is 12.7. The summed E-state index contributed by atoms with van der Waals surface area (Å²) < 4.78 is 28.0. The normalized spacial score (nSPS) is 13.3. The lowest BCUT2D eigenvalue weighted by Crippen LogP contribution is -2.33. The third kappa shape index (κ3) is 6.45. The Morgan fingerprint density at radius 1 is 0.258 bits per heavy atom. The average molecular weight is 861 g/mol. The summed E-state index contributed by atoms with van der Waals surface area (Å²) in [6.45, 7) is 8.61. The summed E-state index contributed by atoms with van der Waals surface area (Å²) in [6, 6.07) is 66.2. The van der Waals surface area contributed by atoms with Gasteiger partial charge in [0.25, 0.3) is 0 Å². The van der Waals surface area contributed by atoms with Crippen LogP contribution in [0.15, 0.2) is 223 Å². The van der Waals surface area contributed by atoms with E-state index in [1.807, 2.05) is 97.1 Å². The molecule has 0 saturated heterocycles. The van der Waals surface area contributed by atoms with Crippen molar-refractivity contribution in [3.05, 3.63) is 228 Å². The van der Waals surface area contributed by atoms with Gasteiger partial charge >= 0.3 is 0 Å². The van der Waals surface area contributed by atoms with Crippen molar-refractivity contribution < 1.29 is 17.7 Å². The van der Waals surface area contributed by atoms with Gasteiger partial charge in [-0.15, -0.1) is 0 Å². The van der Waals surface area contributed by atoms with Crippen molar-refractivity contribution in [3.8, 4) is 45.3 Å². The first-order valence-electron chi connectivity index (χ1n) is 22.2. The molecule has 2 aliphatic heterocycles. The van der Waals surface area contributed by atoms with Crippen molar-refractivity contribution in [1.82, 2.24) is 0 Å². The Hall–Kier alpha value is -8.62. The fraction of sp³-hybridized carbons (Fsp3) is 0.0690. The van der Waals surface area contributed by atoms with E-state index in [9.17, 15) is 0 Å². The second-order valence-corrected chi connectivity index (χ2v) is 16.9. The van der Waals surface area contributed by atoms with Crippen LogP contribution in [0.25, 0.3) is 45.3 Å². The minimum Gasteiger partial charge on any atom is -0.440 e. The number of anilines is 8. The van der Waals surface area contributed by atoms with Gasteiger partial charge < -0.3 is 17.7 Å². The smallest absolute Gasteiger partial charge is 0.206 e. The maximum Gasteiger partial charge on any atom is 0.206 e. The van der Waals surface area contributed by atoms with E-state index in [0.29, 0.717) is 23.5 Å². The molecular weight excluding hydrogens is 817 g/mol. The van der Waals surface area contributed by atoms with Gasteiger partial charge in [-0.1, -0.05) is 121 Å². The number of aryl methyl sites for hydroxylation is 4. The largest absolute Gasteiger partial charge is 0.440 e. The van der Waals surface area contributed by atoms with Crippen molar-refractivity contribution in [2.75, 3.05) is 19.6 Å². The van der Waals surface area contributed by atoms with Crippen LogP contribution in [0.1, 0.15) is 22.3 Å². The minimum atomic E-state index is 0.621. The highest BCUT2D eigenvalue weighted by Gasteiger charge is 2.48. The molecule has 0 unspecified atom stereocenters. The van der Waals surface area contributed by atoms with Crippen LogP contribution >= 0.6 is 0 Å². The molecule has 0 fully saturated rings. The average Bonchev–Trinajstić information content (AvgIpc) is 4.23. The van der Waals surface area contributed by atoms with Gasteiger partial charge in [-0.25, -0.2) is 0 Å². The first-order chi connectivity index (χ1) is 32.4. The number of hydrogen-bond acceptors (Lipinski definition) is 8. The summed E-state index contributed by atoms with van der Waals surface area (Å²) >= 11 is 0. The summed E-state index contributed by atoms with van der Waals surface area (Å²) in [6.07, 6.45) is 0. The number of fused-ring (bicyclic) bond motifs is 2.